The normalized spacial score (nSPS) is 19.7. The number of aryl methyl sites for hydroxylation is 2. The monoisotopic (exact) mass is 343 g/mol. The molecule has 1 N–H and O–H groups in total. The molecule has 0 unspecified atom stereocenters. The molecule has 5 heteroatoms. The summed E-state index contributed by atoms with van der Waals surface area (Å²) in [6, 6.07) is 8.86. The van der Waals surface area contributed by atoms with Gasteiger partial charge in [-0.3, -0.25) is 4.79 Å². The standard InChI is InChI=1S/C20H25NO4/c1-13-12-17(14(2)25-13)19(22)21-11-5-6-18(21)20(3,23)15-7-9-16(24-4)10-8-15/h7-10,12,18,23H,5-6,11H2,1-4H3/t18-,20+/m0/s1. The van der Waals surface area contributed by atoms with Gasteiger partial charge in [-0.15, -0.1) is 0 Å². The molecule has 0 saturated carbocycles. The first-order chi connectivity index (χ1) is 11.8. The third-order valence-electron chi connectivity index (χ3n) is 5.11. The zero-order valence-corrected chi connectivity index (χ0v) is 15.2. The van der Waals surface area contributed by atoms with E-state index in [1.807, 2.05) is 31.2 Å². The fourth-order valence-corrected chi connectivity index (χ4v) is 3.71. The number of likely N-dealkylation sites (tertiary alicyclic amines) is 1. The number of hydrogen-bond donors (Lipinski definition) is 1. The van der Waals surface area contributed by atoms with Crippen LogP contribution in [0.5, 0.6) is 5.75 Å². The third-order valence-corrected chi connectivity index (χ3v) is 5.11. The van der Waals surface area contributed by atoms with Crippen LogP contribution in [0.1, 0.15) is 47.2 Å². The minimum Gasteiger partial charge on any atom is -0.497 e. The van der Waals surface area contributed by atoms with Gasteiger partial charge in [0.2, 0.25) is 0 Å². The van der Waals surface area contributed by atoms with Gasteiger partial charge in [-0.2, -0.15) is 0 Å². The van der Waals surface area contributed by atoms with Crippen molar-refractivity contribution in [3.63, 3.8) is 0 Å². The Balaban J connectivity index is 1.89. The molecule has 25 heavy (non-hydrogen) atoms. The lowest BCUT2D eigenvalue weighted by atomic mass is 9.86. The Morgan fingerprint density at radius 1 is 1.32 bits per heavy atom. The van der Waals surface area contributed by atoms with Crippen molar-refractivity contribution in [3.8, 4) is 5.75 Å². The molecule has 1 amide bonds. The number of amides is 1. The van der Waals surface area contributed by atoms with Crippen LogP contribution in [-0.4, -0.2) is 35.6 Å². The van der Waals surface area contributed by atoms with Gasteiger partial charge in [0.15, 0.2) is 0 Å². The molecule has 0 bridgehead atoms. The van der Waals surface area contributed by atoms with E-state index in [1.165, 1.54) is 0 Å². The molecule has 1 aliphatic heterocycles. The zero-order valence-electron chi connectivity index (χ0n) is 15.2. The van der Waals surface area contributed by atoms with Gasteiger partial charge >= 0.3 is 0 Å². The largest absolute Gasteiger partial charge is 0.497 e. The lowest BCUT2D eigenvalue weighted by Crippen LogP contribution is -2.48. The maximum absolute atomic E-state index is 13.0. The van der Waals surface area contributed by atoms with Gasteiger partial charge in [0, 0.05) is 6.54 Å². The van der Waals surface area contributed by atoms with Crippen molar-refractivity contribution in [1.82, 2.24) is 4.90 Å². The number of aliphatic hydroxyl groups is 1. The first kappa shape index (κ1) is 17.5. The molecular weight excluding hydrogens is 318 g/mol. The third kappa shape index (κ3) is 3.16. The summed E-state index contributed by atoms with van der Waals surface area (Å²) in [4.78, 5) is 14.8. The van der Waals surface area contributed by atoms with Crippen molar-refractivity contribution in [1.29, 1.82) is 0 Å². The number of carbonyl (C=O) groups excluding carboxylic acids is 1. The SMILES string of the molecule is COc1ccc([C@@](C)(O)[C@@H]2CCCN2C(=O)c2cc(C)oc2C)cc1. The highest BCUT2D eigenvalue weighted by Crippen LogP contribution is 2.36. The van der Waals surface area contributed by atoms with Crippen molar-refractivity contribution in [2.45, 2.75) is 45.3 Å². The maximum Gasteiger partial charge on any atom is 0.257 e. The first-order valence-corrected chi connectivity index (χ1v) is 8.59. The summed E-state index contributed by atoms with van der Waals surface area (Å²) >= 11 is 0. The second-order valence-corrected chi connectivity index (χ2v) is 6.86. The first-order valence-electron chi connectivity index (χ1n) is 8.59. The molecule has 1 fully saturated rings. The summed E-state index contributed by atoms with van der Waals surface area (Å²) in [7, 11) is 1.61. The Kier molecular flexibility index (Phi) is 4.60. The Morgan fingerprint density at radius 2 is 2.00 bits per heavy atom. The molecule has 1 aliphatic rings. The molecule has 1 saturated heterocycles. The van der Waals surface area contributed by atoms with Gasteiger partial charge in [-0.1, -0.05) is 12.1 Å². The molecule has 0 aliphatic carbocycles. The number of hydrogen-bond acceptors (Lipinski definition) is 4. The Bertz CT molecular complexity index is 761. The molecule has 0 spiro atoms. The van der Waals surface area contributed by atoms with E-state index >= 15 is 0 Å². The molecule has 2 atom stereocenters. The van der Waals surface area contributed by atoms with Crippen molar-refractivity contribution < 1.29 is 19.1 Å². The predicted octanol–water partition coefficient (Wildman–Crippen LogP) is 3.42. The van der Waals surface area contributed by atoms with E-state index in [0.717, 1.165) is 29.9 Å². The zero-order chi connectivity index (χ0) is 18.2. The van der Waals surface area contributed by atoms with Crippen molar-refractivity contribution in [2.75, 3.05) is 13.7 Å². The molecule has 2 aromatic rings. The van der Waals surface area contributed by atoms with Gasteiger partial charge in [0.25, 0.3) is 5.91 Å². The summed E-state index contributed by atoms with van der Waals surface area (Å²) < 4.78 is 10.7. The van der Waals surface area contributed by atoms with E-state index in [9.17, 15) is 9.90 Å². The Labute approximate surface area is 148 Å². The van der Waals surface area contributed by atoms with E-state index in [2.05, 4.69) is 0 Å². The van der Waals surface area contributed by atoms with E-state index < -0.39 is 5.60 Å². The van der Waals surface area contributed by atoms with Crippen molar-refractivity contribution >= 4 is 5.91 Å². The van der Waals surface area contributed by atoms with Crippen LogP contribution in [0.3, 0.4) is 0 Å². The summed E-state index contributed by atoms with van der Waals surface area (Å²) in [5.41, 5.74) is 0.221. The van der Waals surface area contributed by atoms with Gasteiger partial charge in [0.1, 0.15) is 22.9 Å². The molecular formula is C20H25NO4. The molecule has 134 valence electrons. The summed E-state index contributed by atoms with van der Waals surface area (Å²) in [6.07, 6.45) is 1.64. The smallest absolute Gasteiger partial charge is 0.257 e. The van der Waals surface area contributed by atoms with Crippen LogP contribution >= 0.6 is 0 Å². The van der Waals surface area contributed by atoms with Crippen LogP contribution in [-0.2, 0) is 5.60 Å². The number of furan rings is 1. The fourth-order valence-electron chi connectivity index (χ4n) is 3.71. The van der Waals surface area contributed by atoms with Crippen LogP contribution < -0.4 is 4.74 Å². The summed E-state index contributed by atoms with van der Waals surface area (Å²) in [5.74, 6) is 2.00. The minimum atomic E-state index is -1.13. The highest BCUT2D eigenvalue weighted by atomic mass is 16.5. The van der Waals surface area contributed by atoms with Gasteiger partial charge in [-0.25, -0.2) is 0 Å². The van der Waals surface area contributed by atoms with Crippen molar-refractivity contribution in [2.24, 2.45) is 0 Å². The maximum atomic E-state index is 13.0. The molecule has 5 nitrogen and oxygen atoms in total. The predicted molar refractivity (Wildman–Crippen MR) is 94.8 cm³/mol. The van der Waals surface area contributed by atoms with E-state index in [4.69, 9.17) is 9.15 Å². The second-order valence-electron chi connectivity index (χ2n) is 6.86. The van der Waals surface area contributed by atoms with E-state index in [1.54, 1.807) is 31.9 Å². The van der Waals surface area contributed by atoms with E-state index in [-0.39, 0.29) is 11.9 Å². The topological polar surface area (TPSA) is 62.9 Å². The summed E-state index contributed by atoms with van der Waals surface area (Å²) in [6.45, 7) is 6.05. The lowest BCUT2D eigenvalue weighted by molar-refractivity contribution is -0.0177. The number of ether oxygens (including phenoxy) is 1. The molecule has 2 heterocycles. The average molecular weight is 343 g/mol. The van der Waals surface area contributed by atoms with Crippen LogP contribution in [0.2, 0.25) is 0 Å². The van der Waals surface area contributed by atoms with E-state index in [0.29, 0.717) is 17.9 Å². The molecule has 0 radical (unpaired) electrons. The molecule has 3 rings (SSSR count). The quantitative estimate of drug-likeness (QED) is 0.924. The average Bonchev–Trinajstić information content (AvgIpc) is 3.21. The number of rotatable bonds is 4. The molecule has 1 aromatic carbocycles. The van der Waals surface area contributed by atoms with Crippen LogP contribution in [0.25, 0.3) is 0 Å². The van der Waals surface area contributed by atoms with Crippen molar-refractivity contribution in [3.05, 3.63) is 53.0 Å². The van der Waals surface area contributed by atoms with Gasteiger partial charge < -0.3 is 19.2 Å². The van der Waals surface area contributed by atoms with Crippen LogP contribution in [0, 0.1) is 13.8 Å². The minimum absolute atomic E-state index is 0.0781. The number of benzene rings is 1. The Morgan fingerprint density at radius 3 is 2.56 bits per heavy atom. The fraction of sp³-hybridized carbons (Fsp3) is 0.450. The van der Waals surface area contributed by atoms with Gasteiger partial charge in [-0.05, 0) is 57.4 Å². The second kappa shape index (κ2) is 6.56. The number of carbonyl (C=O) groups is 1. The lowest BCUT2D eigenvalue weighted by Gasteiger charge is -2.37. The number of nitrogens with zero attached hydrogens (tertiary/aromatic N) is 1. The van der Waals surface area contributed by atoms with Crippen LogP contribution in [0.15, 0.2) is 34.7 Å². The Hall–Kier alpha value is -2.27. The number of methoxy groups -OCH3 is 1. The molecule has 1 aromatic heterocycles. The highest BCUT2D eigenvalue weighted by Gasteiger charge is 2.43. The van der Waals surface area contributed by atoms with Crippen LogP contribution in [0.4, 0.5) is 0 Å². The summed E-state index contributed by atoms with van der Waals surface area (Å²) in [5, 5.41) is 11.2. The van der Waals surface area contributed by atoms with Gasteiger partial charge in [0.05, 0.1) is 18.7 Å². The highest BCUT2D eigenvalue weighted by molar-refractivity contribution is 5.95.